The van der Waals surface area contributed by atoms with Crippen LogP contribution in [0, 0.1) is 5.41 Å². The fourth-order valence-corrected chi connectivity index (χ4v) is 5.11. The number of ether oxygens (including phenoxy) is 6. The van der Waals surface area contributed by atoms with Crippen LogP contribution in [-0.2, 0) is 48.2 Å². The van der Waals surface area contributed by atoms with Gasteiger partial charge in [-0.15, -0.1) is 0 Å². The van der Waals surface area contributed by atoms with Crippen LogP contribution in [-0.4, -0.2) is 53.0 Å². The van der Waals surface area contributed by atoms with E-state index in [1.165, 1.54) is 0 Å². The van der Waals surface area contributed by atoms with Crippen molar-refractivity contribution in [1.82, 2.24) is 0 Å². The number of carbonyl (C=O) groups excluding carboxylic acids is 1. The van der Waals surface area contributed by atoms with E-state index in [9.17, 15) is 4.79 Å². The zero-order chi connectivity index (χ0) is 33.1. The third kappa shape index (κ3) is 10.3. The zero-order valence-electron chi connectivity index (χ0n) is 25.3. The smallest absolute Gasteiger partial charge is 0.338 e. The molecule has 1 saturated heterocycles. The van der Waals surface area contributed by atoms with E-state index in [1.54, 1.807) is 30.3 Å². The van der Waals surface area contributed by atoms with Crippen LogP contribution in [0.1, 0.15) is 27.0 Å². The molecule has 1 fully saturated rings. The van der Waals surface area contributed by atoms with Gasteiger partial charge in [-0.1, -0.05) is 144 Å². The van der Waals surface area contributed by atoms with Crippen LogP contribution < -0.4 is 0 Å². The first kappa shape index (κ1) is 34.9. The molecule has 1 aliphatic heterocycles. The number of alkyl halides is 3. The minimum Gasteiger partial charge on any atom is -0.449 e. The molecule has 0 aliphatic carbocycles. The summed E-state index contributed by atoms with van der Waals surface area (Å²) in [6, 6.07) is 37.3. The van der Waals surface area contributed by atoms with Gasteiger partial charge in [-0.25, -0.2) is 4.79 Å². The maximum absolute atomic E-state index is 13.5. The molecule has 0 amide bonds. The number of hydrogen-bond acceptors (Lipinski definition) is 8. The summed E-state index contributed by atoms with van der Waals surface area (Å²) < 4.78 is 35.1. The normalized spacial score (nSPS) is 21.1. The van der Waals surface area contributed by atoms with Crippen molar-refractivity contribution in [3.63, 3.8) is 0 Å². The van der Waals surface area contributed by atoms with Crippen molar-refractivity contribution in [2.75, 3.05) is 6.61 Å². The fraction of sp³-hybridized carbons (Fsp3) is 0.278. The predicted octanol–water partition coefficient (Wildman–Crippen LogP) is 7.69. The molecule has 0 bridgehead atoms. The molecule has 2 unspecified atom stereocenters. The lowest BCUT2D eigenvalue weighted by molar-refractivity contribution is -0.302. The van der Waals surface area contributed by atoms with E-state index < -0.39 is 46.4 Å². The van der Waals surface area contributed by atoms with Gasteiger partial charge in [0.2, 0.25) is 12.2 Å². The first-order valence-electron chi connectivity index (χ1n) is 14.9. The van der Waals surface area contributed by atoms with Crippen molar-refractivity contribution >= 4 is 46.7 Å². The van der Waals surface area contributed by atoms with Gasteiger partial charge in [-0.3, -0.25) is 5.41 Å². The third-order valence-electron chi connectivity index (χ3n) is 7.30. The largest absolute Gasteiger partial charge is 0.449 e. The van der Waals surface area contributed by atoms with Gasteiger partial charge in [0, 0.05) is 0 Å². The average Bonchev–Trinajstić information content (AvgIpc) is 3.09. The minimum absolute atomic E-state index is 0.0415. The van der Waals surface area contributed by atoms with Crippen LogP contribution in [0.15, 0.2) is 121 Å². The van der Waals surface area contributed by atoms with E-state index in [1.807, 2.05) is 91.0 Å². The zero-order valence-corrected chi connectivity index (χ0v) is 27.5. The van der Waals surface area contributed by atoms with Gasteiger partial charge in [-0.2, -0.15) is 0 Å². The second-order valence-electron chi connectivity index (χ2n) is 10.7. The highest BCUT2D eigenvalue weighted by Gasteiger charge is 2.52. The Bertz CT molecular complexity index is 1540. The summed E-state index contributed by atoms with van der Waals surface area (Å²) in [4.78, 5) is 13.5. The van der Waals surface area contributed by atoms with Gasteiger partial charge in [-0.05, 0) is 28.8 Å². The minimum atomic E-state index is -2.21. The van der Waals surface area contributed by atoms with Crippen molar-refractivity contribution in [1.29, 1.82) is 5.41 Å². The summed E-state index contributed by atoms with van der Waals surface area (Å²) in [6.45, 7) is 0.676. The Balaban J connectivity index is 1.49. The molecule has 4 aromatic carbocycles. The highest BCUT2D eigenvalue weighted by Crippen LogP contribution is 2.34. The Morgan fingerprint density at radius 2 is 1.11 bits per heavy atom. The van der Waals surface area contributed by atoms with Crippen molar-refractivity contribution in [3.8, 4) is 0 Å². The molecule has 5 rings (SSSR count). The van der Waals surface area contributed by atoms with Crippen LogP contribution in [0.2, 0.25) is 0 Å². The van der Waals surface area contributed by atoms with E-state index in [2.05, 4.69) is 0 Å². The summed E-state index contributed by atoms with van der Waals surface area (Å²) in [5.41, 5.74) is 3.03. The van der Waals surface area contributed by atoms with E-state index >= 15 is 0 Å². The van der Waals surface area contributed by atoms with E-state index in [4.69, 9.17) is 68.6 Å². The molecule has 0 radical (unpaired) electrons. The van der Waals surface area contributed by atoms with Gasteiger partial charge in [0.15, 0.2) is 6.10 Å². The molecule has 47 heavy (non-hydrogen) atoms. The number of halogens is 3. The number of hydrogen-bond donors (Lipinski definition) is 1. The number of rotatable bonds is 13. The lowest BCUT2D eigenvalue weighted by Gasteiger charge is -2.45. The standard InChI is InChI=1S/C36H34Cl3NO7/c37-36(38,39)35(40)47-34-32(46-33(41)28-19-11-4-12-20-28)31(44-23-27-17-9-3-10-18-27)30(43-22-26-15-7-2-8-16-26)29(45-34)24-42-21-25-13-5-1-6-14-25/h1-20,29-32,34,40H,21-24H2/t29?,30-,31-,32?,34-/m1/s1. The summed E-state index contributed by atoms with van der Waals surface area (Å²) in [5.74, 6) is -1.38. The number of nitrogens with one attached hydrogen (secondary N) is 1. The van der Waals surface area contributed by atoms with E-state index in [-0.39, 0.29) is 19.8 Å². The Labute approximate surface area is 288 Å². The second-order valence-corrected chi connectivity index (χ2v) is 13.0. The van der Waals surface area contributed by atoms with Gasteiger partial charge < -0.3 is 28.4 Å². The summed E-state index contributed by atoms with van der Waals surface area (Å²) in [7, 11) is 0. The second kappa shape index (κ2) is 17.1. The Morgan fingerprint density at radius 3 is 1.62 bits per heavy atom. The van der Waals surface area contributed by atoms with Crippen molar-refractivity contribution < 1.29 is 33.2 Å². The highest BCUT2D eigenvalue weighted by atomic mass is 35.6. The van der Waals surface area contributed by atoms with Gasteiger partial charge in [0.25, 0.3) is 3.79 Å². The van der Waals surface area contributed by atoms with E-state index in [0.29, 0.717) is 12.2 Å². The lowest BCUT2D eigenvalue weighted by Crippen LogP contribution is -2.62. The van der Waals surface area contributed by atoms with E-state index in [0.717, 1.165) is 16.7 Å². The van der Waals surface area contributed by atoms with Crippen molar-refractivity contribution in [2.45, 2.75) is 54.3 Å². The van der Waals surface area contributed by atoms with Crippen LogP contribution in [0.25, 0.3) is 0 Å². The maximum atomic E-state index is 13.5. The maximum Gasteiger partial charge on any atom is 0.338 e. The quantitative estimate of drug-likeness (QED) is 0.0662. The molecule has 1 N–H and O–H groups in total. The molecule has 0 aromatic heterocycles. The summed E-state index contributed by atoms with van der Waals surface area (Å²) in [6.07, 6.45) is -5.30. The highest BCUT2D eigenvalue weighted by molar-refractivity contribution is 6.76. The summed E-state index contributed by atoms with van der Waals surface area (Å²) in [5, 5.41) is 8.33. The van der Waals surface area contributed by atoms with Crippen LogP contribution in [0.3, 0.4) is 0 Å². The molecule has 4 aromatic rings. The Kier molecular flexibility index (Phi) is 12.7. The topological polar surface area (TPSA) is 96.3 Å². The number of carbonyl (C=O) groups is 1. The van der Waals surface area contributed by atoms with Gasteiger partial charge >= 0.3 is 5.97 Å². The van der Waals surface area contributed by atoms with Crippen molar-refractivity contribution in [2.24, 2.45) is 0 Å². The van der Waals surface area contributed by atoms with Gasteiger partial charge in [0.05, 0.1) is 32.0 Å². The first-order chi connectivity index (χ1) is 22.8. The molecule has 246 valence electrons. The van der Waals surface area contributed by atoms with Crippen LogP contribution >= 0.6 is 34.8 Å². The average molecular weight is 699 g/mol. The monoisotopic (exact) mass is 697 g/mol. The number of esters is 1. The van der Waals surface area contributed by atoms with Crippen LogP contribution in [0.5, 0.6) is 0 Å². The molecular formula is C36H34Cl3NO7. The Hall–Kier alpha value is -3.47. The molecule has 0 saturated carbocycles. The van der Waals surface area contributed by atoms with Gasteiger partial charge in [0.1, 0.15) is 18.3 Å². The number of benzene rings is 4. The molecule has 0 spiro atoms. The lowest BCUT2D eigenvalue weighted by atomic mass is 9.97. The van der Waals surface area contributed by atoms with Crippen molar-refractivity contribution in [3.05, 3.63) is 144 Å². The fourth-order valence-electron chi connectivity index (χ4n) is 4.97. The molecular weight excluding hydrogens is 665 g/mol. The first-order valence-corrected chi connectivity index (χ1v) is 16.1. The molecule has 1 aliphatic rings. The molecule has 1 heterocycles. The Morgan fingerprint density at radius 1 is 0.638 bits per heavy atom. The summed E-state index contributed by atoms with van der Waals surface area (Å²) >= 11 is 18.0. The molecule has 8 nitrogen and oxygen atoms in total. The SMILES string of the molecule is N=C(O[C@H]1OC(COCc2ccccc2)[C@@H](OCc2ccccc2)[C@@H](OCc2ccccc2)C1OC(=O)c1ccccc1)C(Cl)(Cl)Cl. The van der Waals surface area contributed by atoms with Crippen LogP contribution in [0.4, 0.5) is 0 Å². The molecule has 5 atom stereocenters. The molecule has 11 heteroatoms. The third-order valence-corrected chi connectivity index (χ3v) is 7.81. The predicted molar refractivity (Wildman–Crippen MR) is 180 cm³/mol.